The Balaban J connectivity index is 2.05. The van der Waals surface area contributed by atoms with E-state index in [9.17, 15) is 18.0 Å². The zero-order valence-corrected chi connectivity index (χ0v) is 20.1. The zero-order chi connectivity index (χ0) is 23.9. The number of halogens is 3. The first-order valence-electron chi connectivity index (χ1n) is 8.86. The van der Waals surface area contributed by atoms with Crippen molar-refractivity contribution in [1.29, 1.82) is 0 Å². The van der Waals surface area contributed by atoms with Crippen molar-refractivity contribution in [2.24, 2.45) is 5.73 Å². The van der Waals surface area contributed by atoms with E-state index in [1.807, 2.05) is 0 Å². The minimum absolute atomic E-state index is 0.0308. The largest absolute Gasteiger partial charge is 0.370 e. The van der Waals surface area contributed by atoms with Crippen LogP contribution in [0.4, 0.5) is 5.69 Å². The average molecular weight is 539 g/mol. The van der Waals surface area contributed by atoms with Gasteiger partial charge in [-0.25, -0.2) is 8.42 Å². The van der Waals surface area contributed by atoms with Gasteiger partial charge in [-0.3, -0.25) is 20.4 Å². The highest BCUT2D eigenvalue weighted by Crippen LogP contribution is 2.25. The molecule has 2 rings (SSSR count). The summed E-state index contributed by atoms with van der Waals surface area (Å²) in [6, 6.07) is 8.68. The molecule has 0 fully saturated rings. The SMILES string of the molecule is NC(=O)CCC(NS(=O)(=O)c1ccc(Cl)cc1)C(=O)NNC(=S)Nc1ccc(Cl)cc1Cl. The molecule has 0 aliphatic rings. The minimum Gasteiger partial charge on any atom is -0.370 e. The molecule has 0 aromatic heterocycles. The molecule has 0 saturated heterocycles. The summed E-state index contributed by atoms with van der Waals surface area (Å²) in [6.07, 6.45) is -0.414. The van der Waals surface area contributed by atoms with Gasteiger partial charge in [0.15, 0.2) is 5.11 Å². The number of hydrogen-bond acceptors (Lipinski definition) is 5. The molecule has 9 nitrogen and oxygen atoms in total. The van der Waals surface area contributed by atoms with E-state index >= 15 is 0 Å². The molecule has 14 heteroatoms. The van der Waals surface area contributed by atoms with E-state index in [-0.39, 0.29) is 22.8 Å². The molecule has 172 valence electrons. The smallest absolute Gasteiger partial charge is 0.256 e. The predicted octanol–water partition coefficient (Wildman–Crippen LogP) is 2.58. The van der Waals surface area contributed by atoms with E-state index in [1.54, 1.807) is 12.1 Å². The molecule has 0 heterocycles. The minimum atomic E-state index is -4.09. The Labute approximate surface area is 205 Å². The molecule has 1 unspecified atom stereocenters. The van der Waals surface area contributed by atoms with Crippen LogP contribution in [0.15, 0.2) is 47.4 Å². The molecule has 1 atom stereocenters. The molecule has 0 aliphatic carbocycles. The molecule has 0 spiro atoms. The number of thiocarbonyl (C=S) groups is 1. The fourth-order valence-electron chi connectivity index (χ4n) is 2.35. The summed E-state index contributed by atoms with van der Waals surface area (Å²) >= 11 is 22.7. The lowest BCUT2D eigenvalue weighted by Gasteiger charge is -2.19. The third-order valence-corrected chi connectivity index (χ3v) is 6.39. The second-order valence-corrected chi connectivity index (χ2v) is 9.73. The number of primary amides is 1. The van der Waals surface area contributed by atoms with Gasteiger partial charge in [-0.2, -0.15) is 4.72 Å². The number of benzene rings is 2. The van der Waals surface area contributed by atoms with Gasteiger partial charge in [0.05, 0.1) is 15.6 Å². The molecule has 2 aromatic carbocycles. The third kappa shape index (κ3) is 8.08. The molecule has 0 bridgehead atoms. The van der Waals surface area contributed by atoms with Crippen molar-refractivity contribution in [2.45, 2.75) is 23.8 Å². The van der Waals surface area contributed by atoms with Gasteiger partial charge < -0.3 is 11.1 Å². The van der Waals surface area contributed by atoms with Gasteiger partial charge >= 0.3 is 0 Å². The Morgan fingerprint density at radius 2 is 1.62 bits per heavy atom. The Morgan fingerprint density at radius 1 is 1.00 bits per heavy atom. The quantitative estimate of drug-likeness (QED) is 0.257. The highest BCUT2D eigenvalue weighted by Gasteiger charge is 2.26. The van der Waals surface area contributed by atoms with Gasteiger partial charge in [-0.05, 0) is 61.1 Å². The van der Waals surface area contributed by atoms with Gasteiger partial charge in [0.2, 0.25) is 15.9 Å². The number of sulfonamides is 1. The molecule has 2 aromatic rings. The summed E-state index contributed by atoms with van der Waals surface area (Å²) < 4.78 is 27.5. The topological polar surface area (TPSA) is 142 Å². The fourth-order valence-corrected chi connectivity index (χ4v) is 4.32. The third-order valence-electron chi connectivity index (χ3n) is 3.90. The van der Waals surface area contributed by atoms with Gasteiger partial charge in [0.25, 0.3) is 5.91 Å². The number of amides is 2. The lowest BCUT2D eigenvalue weighted by atomic mass is 10.1. The normalized spacial score (nSPS) is 12.0. The van der Waals surface area contributed by atoms with E-state index in [1.165, 1.54) is 30.3 Å². The molecule has 0 aliphatic heterocycles. The standard InChI is InChI=1S/C18H18Cl3N5O4S2/c19-10-1-4-12(5-2-10)32(29,30)26-15(7-8-16(22)27)17(28)24-25-18(31)23-14-6-3-11(20)9-13(14)21/h1-6,9,15,26H,7-8H2,(H2,22,27)(H,24,28)(H2,23,25,31). The summed E-state index contributed by atoms with van der Waals surface area (Å²) in [5.41, 5.74) is 10.3. The monoisotopic (exact) mass is 537 g/mol. The van der Waals surface area contributed by atoms with Gasteiger partial charge in [-0.15, -0.1) is 0 Å². The van der Waals surface area contributed by atoms with Gasteiger partial charge in [0.1, 0.15) is 6.04 Å². The predicted molar refractivity (Wildman–Crippen MR) is 128 cm³/mol. The van der Waals surface area contributed by atoms with Crippen LogP contribution in [-0.4, -0.2) is 31.4 Å². The summed E-state index contributed by atoms with van der Waals surface area (Å²) in [5.74, 6) is -1.49. The van der Waals surface area contributed by atoms with Gasteiger partial charge in [0, 0.05) is 16.5 Å². The van der Waals surface area contributed by atoms with Crippen molar-refractivity contribution in [2.75, 3.05) is 5.32 Å². The van der Waals surface area contributed by atoms with E-state index in [2.05, 4.69) is 20.9 Å². The van der Waals surface area contributed by atoms with Crippen molar-refractivity contribution >= 4 is 79.7 Å². The molecular weight excluding hydrogens is 521 g/mol. The number of anilines is 1. The van der Waals surface area contributed by atoms with E-state index in [0.29, 0.717) is 20.8 Å². The van der Waals surface area contributed by atoms with E-state index in [0.717, 1.165) is 0 Å². The number of hydrazine groups is 1. The summed E-state index contributed by atoms with van der Waals surface area (Å²) in [7, 11) is -4.09. The van der Waals surface area contributed by atoms with Crippen LogP contribution < -0.4 is 26.6 Å². The summed E-state index contributed by atoms with van der Waals surface area (Å²) in [6.45, 7) is 0. The van der Waals surface area contributed by atoms with Crippen LogP contribution in [0.3, 0.4) is 0 Å². The zero-order valence-electron chi connectivity index (χ0n) is 16.2. The summed E-state index contributed by atoms with van der Waals surface area (Å²) in [4.78, 5) is 23.6. The Kier molecular flexibility index (Phi) is 9.49. The van der Waals surface area contributed by atoms with Crippen LogP contribution in [0.2, 0.25) is 15.1 Å². The van der Waals surface area contributed by atoms with E-state index in [4.69, 9.17) is 52.8 Å². The molecule has 32 heavy (non-hydrogen) atoms. The lowest BCUT2D eigenvalue weighted by Crippen LogP contribution is -2.53. The van der Waals surface area contributed by atoms with Crippen LogP contribution in [0.1, 0.15) is 12.8 Å². The molecular formula is C18H18Cl3N5O4S2. The number of carbonyl (C=O) groups excluding carboxylic acids is 2. The highest BCUT2D eigenvalue weighted by atomic mass is 35.5. The van der Waals surface area contributed by atoms with Crippen molar-refractivity contribution in [3.63, 3.8) is 0 Å². The van der Waals surface area contributed by atoms with Crippen LogP contribution in [0.25, 0.3) is 0 Å². The van der Waals surface area contributed by atoms with Crippen molar-refractivity contribution in [3.05, 3.63) is 57.5 Å². The van der Waals surface area contributed by atoms with Crippen molar-refractivity contribution in [1.82, 2.24) is 15.6 Å². The first kappa shape index (κ1) is 26.1. The molecule has 2 amide bonds. The highest BCUT2D eigenvalue weighted by molar-refractivity contribution is 7.89. The average Bonchev–Trinajstić information content (AvgIpc) is 2.71. The Hall–Kier alpha value is -2.15. The first-order valence-corrected chi connectivity index (χ1v) is 11.9. The van der Waals surface area contributed by atoms with Crippen LogP contribution in [0.5, 0.6) is 0 Å². The molecule has 6 N–H and O–H groups in total. The van der Waals surface area contributed by atoms with E-state index < -0.39 is 27.9 Å². The van der Waals surface area contributed by atoms with Crippen LogP contribution in [-0.2, 0) is 19.6 Å². The van der Waals surface area contributed by atoms with Crippen molar-refractivity contribution < 1.29 is 18.0 Å². The van der Waals surface area contributed by atoms with Crippen LogP contribution in [0, 0.1) is 0 Å². The number of carbonyl (C=O) groups is 2. The first-order chi connectivity index (χ1) is 15.0. The van der Waals surface area contributed by atoms with Gasteiger partial charge in [-0.1, -0.05) is 34.8 Å². The maximum Gasteiger partial charge on any atom is 0.256 e. The second-order valence-electron chi connectivity index (χ2n) is 6.33. The lowest BCUT2D eigenvalue weighted by molar-refractivity contribution is -0.123. The number of rotatable bonds is 8. The maximum atomic E-state index is 12.6. The number of hydrogen-bond donors (Lipinski definition) is 5. The Morgan fingerprint density at radius 3 is 2.22 bits per heavy atom. The van der Waals surface area contributed by atoms with Crippen molar-refractivity contribution in [3.8, 4) is 0 Å². The van der Waals surface area contributed by atoms with Crippen LogP contribution >= 0.6 is 47.0 Å². The molecule has 0 radical (unpaired) electrons. The number of nitrogens with one attached hydrogen (secondary N) is 4. The number of nitrogens with two attached hydrogens (primary N) is 1. The Bertz CT molecular complexity index is 1110. The fraction of sp³-hybridized carbons (Fsp3) is 0.167. The second kappa shape index (κ2) is 11.6. The molecule has 0 saturated carbocycles. The maximum absolute atomic E-state index is 12.6. The summed E-state index contributed by atoms with van der Waals surface area (Å²) in [5, 5.41) is 3.79.